The summed E-state index contributed by atoms with van der Waals surface area (Å²) in [5, 5.41) is 10.5. The summed E-state index contributed by atoms with van der Waals surface area (Å²) in [7, 11) is 0. The van der Waals surface area contributed by atoms with E-state index in [0.29, 0.717) is 21.4 Å². The number of carboxylic acid groups (broad SMARTS) is 1. The van der Waals surface area contributed by atoms with Crippen LogP contribution >= 0.6 is 0 Å². The number of carboxylic acids is 1. The second kappa shape index (κ2) is 5.71. The molecule has 0 saturated heterocycles. The van der Waals surface area contributed by atoms with Crippen molar-refractivity contribution in [3.8, 4) is 0 Å². The molecule has 0 aliphatic carbocycles. The molecule has 0 aliphatic rings. The first-order chi connectivity index (χ1) is 4.68. The van der Waals surface area contributed by atoms with E-state index in [1.807, 2.05) is 0 Å². The molecular formula is C6H13NO2Se. The molecule has 0 rings (SSSR count). The molecule has 0 spiro atoms. The topological polar surface area (TPSA) is 63.3 Å². The first-order valence-electron chi connectivity index (χ1n) is 3.24. The molecule has 0 aromatic carbocycles. The molecule has 0 heterocycles. The van der Waals surface area contributed by atoms with E-state index in [4.69, 9.17) is 10.8 Å². The third-order valence-corrected chi connectivity index (χ3v) is 3.05. The Morgan fingerprint density at radius 2 is 2.40 bits per heavy atom. The Kier molecular flexibility index (Phi) is 5.68. The van der Waals surface area contributed by atoms with Crippen LogP contribution in [0.1, 0.15) is 13.3 Å². The fraction of sp³-hybridized carbons (Fsp3) is 0.833. The molecule has 0 bridgehead atoms. The first-order valence-corrected chi connectivity index (χ1v) is 5.67. The van der Waals surface area contributed by atoms with E-state index in [9.17, 15) is 4.79 Å². The Bertz CT molecular complexity index is 108. The molecule has 0 amide bonds. The summed E-state index contributed by atoms with van der Waals surface area (Å²) in [5.74, 6) is -0.882. The molecule has 0 aromatic heterocycles. The van der Waals surface area contributed by atoms with Gasteiger partial charge in [-0.05, 0) is 0 Å². The molecule has 0 fully saturated rings. The van der Waals surface area contributed by atoms with Gasteiger partial charge in [-0.3, -0.25) is 0 Å². The number of hydrogen-bond donors (Lipinski definition) is 2. The van der Waals surface area contributed by atoms with Crippen LogP contribution < -0.4 is 5.73 Å². The summed E-state index contributed by atoms with van der Waals surface area (Å²) in [6.07, 6.45) is 0.628. The van der Waals surface area contributed by atoms with Gasteiger partial charge < -0.3 is 0 Å². The minimum absolute atomic E-state index is 0.590. The van der Waals surface area contributed by atoms with Crippen LogP contribution in [0, 0.1) is 0 Å². The molecule has 10 heavy (non-hydrogen) atoms. The summed E-state index contributed by atoms with van der Waals surface area (Å²) in [4.78, 5) is 10.2. The van der Waals surface area contributed by atoms with Gasteiger partial charge in [-0.15, -0.1) is 0 Å². The summed E-state index contributed by atoms with van der Waals surface area (Å²) in [5.41, 5.74) is 5.27. The van der Waals surface area contributed by atoms with E-state index in [2.05, 4.69) is 6.92 Å². The maximum atomic E-state index is 10.2. The van der Waals surface area contributed by atoms with Gasteiger partial charge in [0, 0.05) is 0 Å². The average Bonchev–Trinajstić information content (AvgIpc) is 1.88. The van der Waals surface area contributed by atoms with Crippen molar-refractivity contribution in [3.63, 3.8) is 0 Å². The molecule has 0 radical (unpaired) electrons. The van der Waals surface area contributed by atoms with Crippen molar-refractivity contribution in [3.05, 3.63) is 0 Å². The summed E-state index contributed by atoms with van der Waals surface area (Å²) < 4.78 is 0. The molecule has 3 N–H and O–H groups in total. The molecule has 0 aliphatic heterocycles. The Hall–Kier alpha value is -0.0505. The SMILES string of the molecule is CC[Se]CC[C@@H](N)C(=O)O. The van der Waals surface area contributed by atoms with Gasteiger partial charge in [0.25, 0.3) is 0 Å². The number of nitrogens with two attached hydrogens (primary N) is 1. The third-order valence-electron chi connectivity index (χ3n) is 1.09. The average molecular weight is 210 g/mol. The minimum atomic E-state index is -0.882. The van der Waals surface area contributed by atoms with Gasteiger partial charge in [-0.1, -0.05) is 0 Å². The van der Waals surface area contributed by atoms with Crippen LogP contribution in [0.25, 0.3) is 0 Å². The zero-order valence-corrected chi connectivity index (χ0v) is 7.75. The predicted molar refractivity (Wildman–Crippen MR) is 41.3 cm³/mol. The van der Waals surface area contributed by atoms with Crippen molar-refractivity contribution >= 4 is 20.9 Å². The van der Waals surface area contributed by atoms with Gasteiger partial charge in [0.15, 0.2) is 0 Å². The second-order valence-corrected chi connectivity index (χ2v) is 4.85. The second-order valence-electron chi connectivity index (χ2n) is 1.93. The number of rotatable bonds is 5. The molecule has 60 valence electrons. The fourth-order valence-corrected chi connectivity index (χ4v) is 1.97. The van der Waals surface area contributed by atoms with Crippen LogP contribution in [-0.4, -0.2) is 32.1 Å². The quantitative estimate of drug-likeness (QED) is 0.508. The van der Waals surface area contributed by atoms with Crippen molar-refractivity contribution in [2.75, 3.05) is 0 Å². The normalized spacial score (nSPS) is 13.0. The van der Waals surface area contributed by atoms with E-state index in [1.165, 1.54) is 5.32 Å². The van der Waals surface area contributed by atoms with Gasteiger partial charge in [-0.2, -0.15) is 0 Å². The molecule has 1 atom stereocenters. The maximum absolute atomic E-state index is 10.2. The van der Waals surface area contributed by atoms with Crippen LogP contribution in [0.5, 0.6) is 0 Å². The monoisotopic (exact) mass is 211 g/mol. The van der Waals surface area contributed by atoms with Crippen molar-refractivity contribution in [2.24, 2.45) is 5.73 Å². The van der Waals surface area contributed by atoms with Crippen LogP contribution in [0.4, 0.5) is 0 Å². The van der Waals surface area contributed by atoms with E-state index in [0.717, 1.165) is 5.32 Å². The molecule has 0 unspecified atom stereocenters. The molecule has 4 heteroatoms. The van der Waals surface area contributed by atoms with Crippen molar-refractivity contribution in [1.82, 2.24) is 0 Å². The molecule has 3 nitrogen and oxygen atoms in total. The Labute approximate surface area is 67.1 Å². The molecular weight excluding hydrogens is 197 g/mol. The summed E-state index contributed by atoms with van der Waals surface area (Å²) >= 11 is 0.590. The van der Waals surface area contributed by atoms with Gasteiger partial charge >= 0.3 is 66.6 Å². The Morgan fingerprint density at radius 3 is 2.80 bits per heavy atom. The zero-order valence-electron chi connectivity index (χ0n) is 6.04. The van der Waals surface area contributed by atoms with Gasteiger partial charge in [0.2, 0.25) is 0 Å². The Balaban J connectivity index is 3.21. The standard InChI is InChI=1S/C6H13NO2Se/c1-2-10-4-3-5(7)6(8)9/h5H,2-4,7H2,1H3,(H,8,9)/t5-/m1/s1. The van der Waals surface area contributed by atoms with Crippen LogP contribution in [0.15, 0.2) is 0 Å². The molecule has 0 aromatic rings. The third kappa shape index (κ3) is 4.79. The summed E-state index contributed by atoms with van der Waals surface area (Å²) in [6.45, 7) is 2.10. The van der Waals surface area contributed by atoms with E-state index in [-0.39, 0.29) is 0 Å². The first kappa shape index (κ1) is 9.95. The Morgan fingerprint density at radius 1 is 1.80 bits per heavy atom. The van der Waals surface area contributed by atoms with Gasteiger partial charge in [-0.25, -0.2) is 0 Å². The van der Waals surface area contributed by atoms with Crippen LogP contribution in [-0.2, 0) is 4.79 Å². The van der Waals surface area contributed by atoms with Crippen molar-refractivity contribution in [2.45, 2.75) is 30.0 Å². The fourth-order valence-electron chi connectivity index (χ4n) is 0.478. The predicted octanol–water partition coefficient (Wildman–Crippen LogP) is 0.349. The van der Waals surface area contributed by atoms with Crippen molar-refractivity contribution in [1.29, 1.82) is 0 Å². The van der Waals surface area contributed by atoms with E-state index >= 15 is 0 Å². The molecule has 0 saturated carbocycles. The van der Waals surface area contributed by atoms with E-state index in [1.54, 1.807) is 0 Å². The number of hydrogen-bond acceptors (Lipinski definition) is 2. The summed E-state index contributed by atoms with van der Waals surface area (Å²) in [6, 6.07) is -0.645. The van der Waals surface area contributed by atoms with Gasteiger partial charge in [0.05, 0.1) is 0 Å². The van der Waals surface area contributed by atoms with Crippen LogP contribution in [0.3, 0.4) is 0 Å². The van der Waals surface area contributed by atoms with Crippen LogP contribution in [0.2, 0.25) is 10.6 Å². The number of carbonyl (C=O) groups is 1. The van der Waals surface area contributed by atoms with E-state index < -0.39 is 12.0 Å². The van der Waals surface area contributed by atoms with Gasteiger partial charge in [0.1, 0.15) is 0 Å². The number of aliphatic carboxylic acids is 1. The zero-order chi connectivity index (χ0) is 7.98. The van der Waals surface area contributed by atoms with Crippen molar-refractivity contribution < 1.29 is 9.90 Å².